The maximum atomic E-state index is 15.9. The molecule has 0 N–H and O–H groups in total. The van der Waals surface area contributed by atoms with Crippen LogP contribution in [0.3, 0.4) is 0 Å². The maximum Gasteiger partial charge on any atom is 0.422 e. The highest BCUT2D eigenvalue weighted by Crippen LogP contribution is 2.48. The van der Waals surface area contributed by atoms with Crippen LogP contribution in [0, 0.1) is 60.4 Å². The van der Waals surface area contributed by atoms with E-state index in [1.165, 1.54) is 98.8 Å². The van der Waals surface area contributed by atoms with Crippen molar-refractivity contribution >= 4 is 34.1 Å². The fourth-order valence-electron chi connectivity index (χ4n) is 7.95. The molecular formula is C52H30F14N2. The summed E-state index contributed by atoms with van der Waals surface area (Å²) in [4.78, 5) is 1.43. The van der Waals surface area contributed by atoms with Crippen molar-refractivity contribution in [1.82, 2.24) is 0 Å². The quantitative estimate of drug-likeness (QED) is 0.105. The highest BCUT2D eigenvalue weighted by atomic mass is 19.4. The van der Waals surface area contributed by atoms with E-state index in [0.29, 0.717) is 32.1 Å². The largest absolute Gasteiger partial charge is 0.422 e. The Bertz CT molecular complexity index is 2910. The predicted molar refractivity (Wildman–Crippen MR) is 231 cm³/mol. The maximum absolute atomic E-state index is 15.9. The molecule has 0 unspecified atom stereocenters. The van der Waals surface area contributed by atoms with Crippen LogP contribution >= 0.6 is 0 Å². The lowest BCUT2D eigenvalue weighted by atomic mass is 9.98. The average Bonchev–Trinajstić information content (AvgIpc) is 3.31. The van der Waals surface area contributed by atoms with Gasteiger partial charge in [0.05, 0.1) is 0 Å². The number of alkyl halides is 6. The topological polar surface area (TPSA) is 6.48 Å². The number of rotatable bonds is 9. The van der Waals surface area contributed by atoms with Crippen molar-refractivity contribution in [3.63, 3.8) is 0 Å². The zero-order valence-corrected chi connectivity index (χ0v) is 35.0. The number of anilines is 6. The van der Waals surface area contributed by atoms with Crippen LogP contribution in [0.1, 0.15) is 22.3 Å². The van der Waals surface area contributed by atoms with Gasteiger partial charge in [0.2, 0.25) is 0 Å². The Morgan fingerprint density at radius 2 is 0.574 bits per heavy atom. The summed E-state index contributed by atoms with van der Waals surface area (Å²) in [6.45, 7) is 2.86. The molecule has 0 atom stereocenters. The highest BCUT2D eigenvalue weighted by molar-refractivity contribution is 5.85. The average molecular weight is 949 g/mol. The molecule has 8 aromatic rings. The number of aryl methyl sites for hydroxylation is 2. The molecule has 0 aliphatic heterocycles. The summed E-state index contributed by atoms with van der Waals surface area (Å²) in [5.74, 6) is -20.0. The van der Waals surface area contributed by atoms with Gasteiger partial charge in [0.1, 0.15) is 22.5 Å². The van der Waals surface area contributed by atoms with Crippen molar-refractivity contribution in [1.29, 1.82) is 0 Å². The summed E-state index contributed by atoms with van der Waals surface area (Å²) in [7, 11) is 0. The van der Waals surface area contributed by atoms with Crippen molar-refractivity contribution in [3.8, 4) is 33.4 Å². The lowest BCUT2D eigenvalue weighted by Crippen LogP contribution is -2.21. The first-order valence-corrected chi connectivity index (χ1v) is 20.2. The van der Waals surface area contributed by atoms with E-state index in [1.54, 1.807) is 60.7 Å². The van der Waals surface area contributed by atoms with Crippen LogP contribution in [0.15, 0.2) is 146 Å². The second kappa shape index (κ2) is 17.9. The molecule has 0 aliphatic carbocycles. The molecule has 0 heterocycles. The summed E-state index contributed by atoms with van der Waals surface area (Å²) in [5.41, 5.74) is -5.45. The van der Waals surface area contributed by atoms with E-state index in [9.17, 15) is 26.3 Å². The summed E-state index contributed by atoms with van der Waals surface area (Å²) in [5, 5.41) is 0. The number of nitrogens with zero attached hydrogens (tertiary/aromatic N) is 2. The standard InChI is InChI=1S/C52H30F14N2/c1-27-25-33(17-23-37(27)67(35-19-13-31(14-20-35)29-9-5-3-6-10-29)49-45(57)41(53)39(51(61,62)63)42(54)46(49)58)34-18-24-38(28(2)26-34)68(36-21-15-32(16-22-36)30-11-7-4-8-12-30)50-47(59)43(55)40(52(64,65)66)44(56)48(50)60/h3-26H,1-2H3. The van der Waals surface area contributed by atoms with Gasteiger partial charge in [-0.3, -0.25) is 0 Å². The van der Waals surface area contributed by atoms with Crippen LogP contribution in [0.2, 0.25) is 0 Å². The first-order valence-electron chi connectivity index (χ1n) is 20.2. The molecule has 0 amide bonds. The first-order chi connectivity index (χ1) is 32.2. The summed E-state index contributed by atoms with van der Waals surface area (Å²) >= 11 is 0. The van der Waals surface area contributed by atoms with Gasteiger partial charge in [-0.2, -0.15) is 26.3 Å². The minimum Gasteiger partial charge on any atom is -0.305 e. The van der Waals surface area contributed by atoms with Gasteiger partial charge in [0.15, 0.2) is 46.5 Å². The van der Waals surface area contributed by atoms with Gasteiger partial charge in [-0.25, -0.2) is 35.1 Å². The van der Waals surface area contributed by atoms with E-state index in [4.69, 9.17) is 0 Å². The molecule has 0 bridgehead atoms. The van der Waals surface area contributed by atoms with Gasteiger partial charge in [0, 0.05) is 22.7 Å². The number of benzene rings is 8. The molecule has 16 heteroatoms. The van der Waals surface area contributed by atoms with E-state index >= 15 is 35.1 Å². The first kappa shape index (κ1) is 46.9. The van der Waals surface area contributed by atoms with Gasteiger partial charge in [-0.05, 0) is 107 Å². The smallest absolute Gasteiger partial charge is 0.305 e. The Hall–Kier alpha value is -7.62. The third-order valence-corrected chi connectivity index (χ3v) is 11.2. The van der Waals surface area contributed by atoms with Gasteiger partial charge < -0.3 is 9.80 Å². The van der Waals surface area contributed by atoms with Gasteiger partial charge in [0.25, 0.3) is 0 Å². The molecule has 8 rings (SSSR count). The minimum absolute atomic E-state index is 0.121. The summed E-state index contributed by atoms with van der Waals surface area (Å²) in [6.07, 6.45) is -11.6. The molecule has 346 valence electrons. The molecular weight excluding hydrogens is 919 g/mol. The number of hydrogen-bond acceptors (Lipinski definition) is 2. The van der Waals surface area contributed by atoms with Crippen molar-refractivity contribution in [3.05, 3.63) is 214 Å². The van der Waals surface area contributed by atoms with E-state index < -0.39 is 81.4 Å². The second-order valence-electron chi connectivity index (χ2n) is 15.5. The fraction of sp³-hybridized carbons (Fsp3) is 0.0769. The van der Waals surface area contributed by atoms with Crippen molar-refractivity contribution in [2.75, 3.05) is 9.80 Å². The van der Waals surface area contributed by atoms with Crippen molar-refractivity contribution in [2.45, 2.75) is 26.2 Å². The van der Waals surface area contributed by atoms with Crippen LogP contribution in [0.25, 0.3) is 33.4 Å². The van der Waals surface area contributed by atoms with Gasteiger partial charge >= 0.3 is 12.4 Å². The van der Waals surface area contributed by atoms with Crippen molar-refractivity contribution in [2.24, 2.45) is 0 Å². The summed E-state index contributed by atoms with van der Waals surface area (Å²) in [6, 6.07) is 37.2. The van der Waals surface area contributed by atoms with Crippen molar-refractivity contribution < 1.29 is 61.5 Å². The molecule has 0 radical (unpaired) electrons. The second-order valence-corrected chi connectivity index (χ2v) is 15.5. The normalized spacial score (nSPS) is 11.8. The third kappa shape index (κ3) is 8.50. The molecule has 0 fully saturated rings. The highest BCUT2D eigenvalue weighted by Gasteiger charge is 2.45. The Kier molecular flexibility index (Phi) is 12.3. The minimum atomic E-state index is -5.81. The Morgan fingerprint density at radius 3 is 0.838 bits per heavy atom. The molecule has 0 saturated heterocycles. The third-order valence-electron chi connectivity index (χ3n) is 11.2. The Labute approximate surface area is 378 Å². The Balaban J connectivity index is 1.25. The van der Waals surface area contributed by atoms with Crippen LogP contribution < -0.4 is 9.80 Å². The fourth-order valence-corrected chi connectivity index (χ4v) is 7.95. The molecule has 0 saturated carbocycles. The van der Waals surface area contributed by atoms with Crippen LogP contribution in [-0.4, -0.2) is 0 Å². The predicted octanol–water partition coefficient (Wildman–Crippen LogP) is 17.4. The van der Waals surface area contributed by atoms with Gasteiger partial charge in [-0.1, -0.05) is 97.1 Å². The van der Waals surface area contributed by atoms with Gasteiger partial charge in [-0.15, -0.1) is 0 Å². The molecule has 2 nitrogen and oxygen atoms in total. The molecule has 0 aliphatic rings. The van der Waals surface area contributed by atoms with Crippen LogP contribution in [0.4, 0.5) is 95.6 Å². The molecule has 68 heavy (non-hydrogen) atoms. The van der Waals surface area contributed by atoms with Crippen LogP contribution in [-0.2, 0) is 12.4 Å². The SMILES string of the molecule is Cc1cc(-c2ccc(N(c3ccc(-c4ccccc4)cc3)c3c(F)c(F)c(C(F)(F)F)c(F)c3F)c(C)c2)ccc1N(c1ccc(-c2ccccc2)cc1)c1c(F)c(F)c(C(F)(F)F)c(F)c1F. The zero-order valence-electron chi connectivity index (χ0n) is 35.0. The van der Waals surface area contributed by atoms with E-state index in [-0.39, 0.29) is 33.9 Å². The summed E-state index contributed by atoms with van der Waals surface area (Å²) < 4.78 is 206. The van der Waals surface area contributed by atoms with E-state index in [2.05, 4.69) is 0 Å². The lowest BCUT2D eigenvalue weighted by Gasteiger charge is -2.29. The molecule has 8 aromatic carbocycles. The number of halogens is 14. The van der Waals surface area contributed by atoms with E-state index in [0.717, 1.165) is 11.1 Å². The Morgan fingerprint density at radius 1 is 0.309 bits per heavy atom. The zero-order chi connectivity index (χ0) is 49.0. The molecule has 0 spiro atoms. The molecule has 0 aromatic heterocycles. The lowest BCUT2D eigenvalue weighted by molar-refractivity contribution is -0.144. The van der Waals surface area contributed by atoms with Crippen LogP contribution in [0.5, 0.6) is 0 Å². The van der Waals surface area contributed by atoms with E-state index in [1.807, 2.05) is 0 Å². The monoisotopic (exact) mass is 948 g/mol. The number of hydrogen-bond donors (Lipinski definition) is 0.